The highest BCUT2D eigenvalue weighted by molar-refractivity contribution is 5.88. The van der Waals surface area contributed by atoms with Crippen molar-refractivity contribution in [2.45, 2.75) is 377 Å². The van der Waals surface area contributed by atoms with Gasteiger partial charge < -0.3 is 70.0 Å². The van der Waals surface area contributed by atoms with Crippen molar-refractivity contribution in [1.82, 2.24) is 0 Å². The van der Waals surface area contributed by atoms with Gasteiger partial charge in [0.15, 0.2) is 33.6 Å². The number of carbonyl (C=O) groups is 4. The Balaban J connectivity index is 0.000000198. The van der Waals surface area contributed by atoms with Crippen molar-refractivity contribution in [3.63, 3.8) is 0 Å². The van der Waals surface area contributed by atoms with Gasteiger partial charge in [0.25, 0.3) is 11.2 Å². The Bertz CT molecular complexity index is 4430. The van der Waals surface area contributed by atoms with Crippen LogP contribution in [0.1, 0.15) is 237 Å². The average Bonchev–Trinajstić information content (AvgIpc) is 0.639. The van der Waals surface area contributed by atoms with Crippen molar-refractivity contribution in [3.8, 4) is 0 Å². The molecule has 0 aliphatic heterocycles. The van der Waals surface area contributed by atoms with Gasteiger partial charge in [0.1, 0.15) is 22.4 Å². The van der Waals surface area contributed by atoms with Crippen LogP contribution in [-0.2, 0) is 38.1 Å². The Hall–Kier alpha value is -5.66. The number of carbonyl (C=O) groups excluding carboxylic acids is 4. The van der Waals surface area contributed by atoms with E-state index in [4.69, 9.17) is 18.9 Å². The molecule has 18 atom stereocenters. The van der Waals surface area contributed by atoms with Crippen molar-refractivity contribution in [3.05, 3.63) is 49.6 Å². The molecule has 0 amide bonds. The standard InChI is InChI=1S/C23H32F6O5.C22H30F6O5.C20H23F9O4.C19H21F9O4/c1-13(2)14(30)34-21-10-18(15(3,4)31)7-19(11-21,16(5,32)22(24,25)26)9-20(8-18,12-21)17(6,33)23(27,28)29;1-6-13(29)33-20-10-17(14(2,3)30)7-18(11-20,15(4,31)21(23,24)25)9-19(8-17,12-20)16(5,32)22(26,27)28;1-10(2)12(30)33-16-6-11-4-14(8-16,13(3,31)18(21,22)23)7-15(5-11,9-16)17(32,19(24,25)26)20(27,28)29;1-3-11(29)32-15-6-10-4-13(8-15,12(2,30)17(20,21)22)7-14(5-10,9-15)16(31,18(23,24)25)19(26,27)28/h31-33H,1,7-12H2,2-6H3;6,30-32H,1,7-12H2,2-5H3;11,31-32H,1,4-9H2,2-3H3;3,10,30-31H,1,4-9H2,2H3. The lowest BCUT2D eigenvalue weighted by atomic mass is 9.31. The summed E-state index contributed by atoms with van der Waals surface area (Å²) in [6.07, 6.45) is -72.1. The van der Waals surface area contributed by atoms with Gasteiger partial charge in [0.2, 0.25) is 0 Å². The SMILES string of the molecule is C=C(C)C(=O)OC12CC3(C(C)(C)O)CC(C(C)(O)C(F)(F)F)(C1)CC(C(C)(O)C(F)(F)F)(C2)C3.C=C(C)C(=O)OC12CC3CC(C(C)(O)C(F)(F)F)(C1)CC(C(O)(C(F)(F)F)C(F)(F)F)(C3)C2.C=CC(=O)OC12CC3(C(C)(C)O)CC(C(C)(O)C(F)(F)F)(C1)CC(C(C)(O)C(F)(F)F)(C2)C3.C=CC(=O)OC12CC3CC(C(C)(O)C(F)(F)F)(C1)CC(C(O)(C(F)(F)F)C(F)(F)F)(C3)C2. The van der Waals surface area contributed by atoms with Gasteiger partial charge in [-0.3, -0.25) is 0 Å². The average molecular weight is 1970 g/mol. The van der Waals surface area contributed by atoms with Gasteiger partial charge in [-0.1, -0.05) is 26.3 Å². The number of rotatable bonds is 18. The summed E-state index contributed by atoms with van der Waals surface area (Å²) in [6.45, 7) is 23.2. The van der Waals surface area contributed by atoms with Gasteiger partial charge in [-0.25, -0.2) is 19.2 Å². The van der Waals surface area contributed by atoms with Gasteiger partial charge in [-0.05, 0) is 249 Å². The van der Waals surface area contributed by atoms with Crippen LogP contribution in [0.25, 0.3) is 0 Å². The summed E-state index contributed by atoms with van der Waals surface area (Å²) in [5.74, 6) is -6.90. The van der Waals surface area contributed by atoms with Crippen molar-refractivity contribution in [1.29, 1.82) is 0 Å². The molecular weight excluding hydrogens is 1870 g/mol. The van der Waals surface area contributed by atoms with E-state index >= 15 is 0 Å². The van der Waals surface area contributed by atoms with Crippen LogP contribution in [0.15, 0.2) is 49.6 Å². The molecule has 16 rings (SSSR count). The summed E-state index contributed by atoms with van der Waals surface area (Å²) in [5.41, 5.74) is -68.2. The zero-order valence-corrected chi connectivity index (χ0v) is 73.2. The molecule has 0 saturated heterocycles. The molecule has 16 aliphatic carbocycles. The molecule has 760 valence electrons. The number of hydrogen-bond donors (Lipinski definition) is 10. The maximum absolute atomic E-state index is 14.2. The van der Waals surface area contributed by atoms with Crippen LogP contribution in [0.5, 0.6) is 0 Å². The molecule has 0 aromatic heterocycles. The highest BCUT2D eigenvalue weighted by atomic mass is 19.5. The molecule has 16 aliphatic rings. The van der Waals surface area contributed by atoms with Crippen LogP contribution in [0.3, 0.4) is 0 Å². The molecule has 10 N–H and O–H groups in total. The molecule has 18 unspecified atom stereocenters. The van der Waals surface area contributed by atoms with E-state index in [9.17, 15) is 202 Å². The Morgan fingerprint density at radius 2 is 0.417 bits per heavy atom. The predicted molar refractivity (Wildman–Crippen MR) is 394 cm³/mol. The zero-order chi connectivity index (χ0) is 103. The summed E-state index contributed by atoms with van der Waals surface area (Å²) in [7, 11) is 0. The summed E-state index contributed by atoms with van der Waals surface area (Å²) in [6, 6.07) is 0. The molecule has 16 bridgehead atoms. The number of halogens is 30. The molecule has 0 spiro atoms. The number of hydrogen-bond acceptors (Lipinski definition) is 18. The van der Waals surface area contributed by atoms with Gasteiger partial charge in [0.05, 0.1) is 11.2 Å². The van der Waals surface area contributed by atoms with Crippen LogP contribution in [-0.4, -0.2) is 215 Å². The van der Waals surface area contributed by atoms with E-state index < -0.39 is 358 Å². The normalized spacial score (nSPS) is 38.3. The highest BCUT2D eigenvalue weighted by Crippen LogP contribution is 2.85. The highest BCUT2D eigenvalue weighted by Gasteiger charge is 2.91. The molecule has 132 heavy (non-hydrogen) atoms. The molecule has 0 aromatic carbocycles. The first kappa shape index (κ1) is 110. The number of ether oxygens (including phenoxy) is 4. The lowest BCUT2D eigenvalue weighted by molar-refractivity contribution is -0.437. The lowest BCUT2D eigenvalue weighted by Crippen LogP contribution is -2.79. The van der Waals surface area contributed by atoms with Crippen molar-refractivity contribution in [2.24, 2.45) is 66.0 Å². The summed E-state index contributed by atoms with van der Waals surface area (Å²) in [4.78, 5) is 48.8. The minimum absolute atomic E-state index is 0.110. The van der Waals surface area contributed by atoms with E-state index in [1.165, 1.54) is 34.6 Å². The van der Waals surface area contributed by atoms with E-state index in [2.05, 4.69) is 26.3 Å². The quantitative estimate of drug-likeness (QED) is 0.0264. The Kier molecular flexibility index (Phi) is 25.4. The predicted octanol–water partition coefficient (Wildman–Crippen LogP) is 18.4. The summed E-state index contributed by atoms with van der Waals surface area (Å²) in [5, 5.41) is 107. The second-order valence-electron chi connectivity index (χ2n) is 43.2. The van der Waals surface area contributed by atoms with E-state index in [0.717, 1.165) is 13.0 Å². The first-order chi connectivity index (χ1) is 57.9. The third kappa shape index (κ3) is 16.0. The molecule has 0 aromatic rings. The van der Waals surface area contributed by atoms with Crippen LogP contribution < -0.4 is 0 Å². The molecule has 16 fully saturated rings. The maximum atomic E-state index is 14.2. The maximum Gasteiger partial charge on any atom is 0.426 e. The number of esters is 4. The van der Waals surface area contributed by atoms with Crippen molar-refractivity contribution >= 4 is 23.9 Å². The van der Waals surface area contributed by atoms with Crippen LogP contribution in [0.2, 0.25) is 0 Å². The van der Waals surface area contributed by atoms with Crippen molar-refractivity contribution < 1.29 is 221 Å². The lowest BCUT2D eigenvalue weighted by Gasteiger charge is -2.75. The molecule has 18 nitrogen and oxygen atoms in total. The fraction of sp³-hybridized carbons (Fsp3) is 0.857. The first-order valence-corrected chi connectivity index (χ1v) is 41.3. The first-order valence-electron chi connectivity index (χ1n) is 41.3. The number of aliphatic hydroxyl groups is 10. The van der Waals surface area contributed by atoms with Crippen molar-refractivity contribution in [2.75, 3.05) is 0 Å². The second kappa shape index (κ2) is 30.4. The monoisotopic (exact) mass is 1970 g/mol. The molecule has 16 saturated carbocycles. The van der Waals surface area contributed by atoms with Crippen LogP contribution in [0, 0.1) is 66.0 Å². The zero-order valence-electron chi connectivity index (χ0n) is 73.2. The molecular formula is C84H106F30O18. The van der Waals surface area contributed by atoms with E-state index in [1.807, 2.05) is 0 Å². The van der Waals surface area contributed by atoms with Crippen LogP contribution >= 0.6 is 0 Å². The van der Waals surface area contributed by atoms with Gasteiger partial charge in [-0.15, -0.1) is 0 Å². The molecule has 0 heterocycles. The molecule has 0 radical (unpaired) electrons. The summed E-state index contributed by atoms with van der Waals surface area (Å²) < 4.78 is 441. The van der Waals surface area contributed by atoms with Crippen LogP contribution in [0.4, 0.5) is 132 Å². The largest absolute Gasteiger partial charge is 0.456 e. The van der Waals surface area contributed by atoms with E-state index in [0.29, 0.717) is 40.7 Å². The van der Waals surface area contributed by atoms with Gasteiger partial charge in [-0.2, -0.15) is 132 Å². The number of alkyl halides is 30. The fourth-order valence-corrected chi connectivity index (χ4v) is 27.9. The van der Waals surface area contributed by atoms with Gasteiger partial charge in [0, 0.05) is 77.4 Å². The summed E-state index contributed by atoms with van der Waals surface area (Å²) >= 11 is 0. The Morgan fingerprint density at radius 1 is 0.250 bits per heavy atom. The smallest absolute Gasteiger partial charge is 0.426 e. The van der Waals surface area contributed by atoms with E-state index in [1.54, 1.807) is 0 Å². The Labute approximate surface area is 735 Å². The topological polar surface area (TPSA) is 308 Å². The van der Waals surface area contributed by atoms with Gasteiger partial charge >= 0.3 is 85.6 Å². The fourth-order valence-electron chi connectivity index (χ4n) is 27.9. The minimum Gasteiger partial charge on any atom is -0.456 e. The third-order valence-corrected chi connectivity index (χ3v) is 33.6. The third-order valence-electron chi connectivity index (χ3n) is 33.6. The minimum atomic E-state index is -6.30. The second-order valence-corrected chi connectivity index (χ2v) is 43.2. The Morgan fingerprint density at radius 3 is 0.629 bits per heavy atom. The molecule has 48 heteroatoms. The van der Waals surface area contributed by atoms with E-state index in [-0.39, 0.29) is 43.8 Å².